The second-order valence-corrected chi connectivity index (χ2v) is 10.1. The second kappa shape index (κ2) is 9.71. The Kier molecular flexibility index (Phi) is 6.71. The molecule has 0 bridgehead atoms. The minimum absolute atomic E-state index is 0.235. The number of carbonyl (C=O) groups is 1. The molecule has 1 aliphatic carbocycles. The highest BCUT2D eigenvalue weighted by Gasteiger charge is 2.32. The number of hydrogen-bond acceptors (Lipinski definition) is 2. The molecule has 0 radical (unpaired) electrons. The molecule has 3 aliphatic rings. The van der Waals surface area contributed by atoms with Crippen molar-refractivity contribution < 1.29 is 4.79 Å². The Labute approximate surface area is 209 Å². The number of amides is 2. The first-order valence-corrected chi connectivity index (χ1v) is 12.6. The monoisotopic (exact) mass is 501 g/mol. The van der Waals surface area contributed by atoms with Crippen LogP contribution >= 0.6 is 34.8 Å². The summed E-state index contributed by atoms with van der Waals surface area (Å²) < 4.78 is 0. The van der Waals surface area contributed by atoms with E-state index in [0.29, 0.717) is 28.2 Å². The van der Waals surface area contributed by atoms with Crippen LogP contribution in [0.25, 0.3) is 5.57 Å². The third-order valence-corrected chi connectivity index (χ3v) is 7.64. The summed E-state index contributed by atoms with van der Waals surface area (Å²) in [4.78, 5) is 14.8. The Hall–Kier alpha value is -1.98. The molecule has 4 nitrogen and oxygen atoms in total. The highest BCUT2D eigenvalue weighted by molar-refractivity contribution is 6.40. The van der Waals surface area contributed by atoms with E-state index in [1.807, 2.05) is 0 Å². The maximum atomic E-state index is 13.2. The Morgan fingerprint density at radius 2 is 1.73 bits per heavy atom. The molecule has 1 saturated heterocycles. The molecule has 0 aromatic heterocycles. The predicted octanol–water partition coefficient (Wildman–Crippen LogP) is 7.20. The van der Waals surface area contributed by atoms with Gasteiger partial charge in [0, 0.05) is 17.1 Å². The standard InChI is InChI=1S/C26H26Cl3N3O/c27-21-5-2-1-4-18(21)19-13-17(12-16-8-10-30-11-9-16)14-24-20(19)15-31-26(33)32(24)25-22(28)6-3-7-23(25)29/h3-7,13-14,16,30H,1-2,8-12,15H2,(H,31,33). The van der Waals surface area contributed by atoms with Crippen LogP contribution in [0.4, 0.5) is 16.2 Å². The van der Waals surface area contributed by atoms with E-state index in [4.69, 9.17) is 34.8 Å². The topological polar surface area (TPSA) is 44.4 Å². The average molecular weight is 503 g/mol. The van der Waals surface area contributed by atoms with Crippen molar-refractivity contribution in [3.8, 4) is 0 Å². The molecule has 0 atom stereocenters. The van der Waals surface area contributed by atoms with Crippen LogP contribution in [0.1, 0.15) is 42.4 Å². The van der Waals surface area contributed by atoms with Crippen molar-refractivity contribution in [2.45, 2.75) is 38.6 Å². The van der Waals surface area contributed by atoms with E-state index in [1.54, 1.807) is 23.1 Å². The normalized spacial score (nSPS) is 19.0. The second-order valence-electron chi connectivity index (χ2n) is 8.85. The van der Waals surface area contributed by atoms with E-state index in [9.17, 15) is 4.79 Å². The van der Waals surface area contributed by atoms with Crippen molar-refractivity contribution in [2.75, 3.05) is 18.0 Å². The van der Waals surface area contributed by atoms with Gasteiger partial charge in [-0.2, -0.15) is 0 Å². The molecule has 1 fully saturated rings. The van der Waals surface area contributed by atoms with Crippen LogP contribution in [0.2, 0.25) is 10.0 Å². The summed E-state index contributed by atoms with van der Waals surface area (Å²) >= 11 is 19.8. The molecule has 2 N–H and O–H groups in total. The van der Waals surface area contributed by atoms with E-state index < -0.39 is 0 Å². The predicted molar refractivity (Wildman–Crippen MR) is 138 cm³/mol. The number of fused-ring (bicyclic) bond motifs is 1. The molecule has 2 aromatic carbocycles. The van der Waals surface area contributed by atoms with Crippen LogP contribution in [0, 0.1) is 5.92 Å². The van der Waals surface area contributed by atoms with Crippen molar-refractivity contribution in [1.82, 2.24) is 10.6 Å². The third-order valence-electron chi connectivity index (χ3n) is 6.68. The van der Waals surface area contributed by atoms with Gasteiger partial charge in [-0.05, 0) is 86.0 Å². The number of piperidine rings is 1. The maximum Gasteiger partial charge on any atom is 0.326 e. The summed E-state index contributed by atoms with van der Waals surface area (Å²) in [5.41, 5.74) is 5.67. The molecule has 0 spiro atoms. The first-order chi connectivity index (χ1) is 16.0. The minimum atomic E-state index is -0.235. The number of carbonyl (C=O) groups excluding carboxylic acids is 1. The van der Waals surface area contributed by atoms with Crippen molar-refractivity contribution in [1.29, 1.82) is 0 Å². The lowest BCUT2D eigenvalue weighted by Crippen LogP contribution is -2.42. The lowest BCUT2D eigenvalue weighted by Gasteiger charge is -2.34. The fraction of sp³-hybridized carbons (Fsp3) is 0.346. The average Bonchev–Trinajstić information content (AvgIpc) is 2.81. The number of halogens is 3. The van der Waals surface area contributed by atoms with Crippen LogP contribution in [0.3, 0.4) is 0 Å². The van der Waals surface area contributed by atoms with Gasteiger partial charge in [0.1, 0.15) is 0 Å². The van der Waals surface area contributed by atoms with Gasteiger partial charge in [-0.1, -0.05) is 59.1 Å². The molecular weight excluding hydrogens is 477 g/mol. The molecular formula is C26H26Cl3N3O. The van der Waals surface area contributed by atoms with Crippen LogP contribution in [0.15, 0.2) is 47.5 Å². The van der Waals surface area contributed by atoms with Gasteiger partial charge in [-0.15, -0.1) is 0 Å². The molecule has 2 amide bonds. The summed E-state index contributed by atoms with van der Waals surface area (Å²) in [6.45, 7) is 2.52. The molecule has 2 aromatic rings. The molecule has 33 heavy (non-hydrogen) atoms. The molecule has 5 rings (SSSR count). The first-order valence-electron chi connectivity index (χ1n) is 11.5. The molecule has 2 aliphatic heterocycles. The van der Waals surface area contributed by atoms with Gasteiger partial charge in [0.2, 0.25) is 0 Å². The number of hydrogen-bond donors (Lipinski definition) is 2. The van der Waals surface area contributed by atoms with Gasteiger partial charge >= 0.3 is 6.03 Å². The van der Waals surface area contributed by atoms with Gasteiger partial charge < -0.3 is 10.6 Å². The summed E-state index contributed by atoms with van der Waals surface area (Å²) in [7, 11) is 0. The van der Waals surface area contributed by atoms with Gasteiger partial charge in [0.25, 0.3) is 0 Å². The molecule has 7 heteroatoms. The zero-order chi connectivity index (χ0) is 22.9. The number of para-hydroxylation sites is 1. The molecule has 0 saturated carbocycles. The van der Waals surface area contributed by atoms with E-state index in [1.165, 1.54) is 5.56 Å². The maximum absolute atomic E-state index is 13.2. The van der Waals surface area contributed by atoms with Gasteiger partial charge in [-0.3, -0.25) is 4.90 Å². The first kappa shape index (κ1) is 22.8. The SMILES string of the molecule is O=C1NCc2c(C3=CCCC=C3Cl)cc(CC3CCNCC3)cc2N1c1c(Cl)cccc1Cl. The van der Waals surface area contributed by atoms with E-state index in [-0.39, 0.29) is 6.03 Å². The quantitative estimate of drug-likeness (QED) is 0.464. The third kappa shape index (κ3) is 4.54. The van der Waals surface area contributed by atoms with Crippen molar-refractivity contribution >= 4 is 57.8 Å². The zero-order valence-corrected chi connectivity index (χ0v) is 20.5. The number of nitrogens with one attached hydrogen (secondary N) is 2. The smallest absolute Gasteiger partial charge is 0.326 e. The molecule has 172 valence electrons. The number of benzene rings is 2. The van der Waals surface area contributed by atoms with Crippen LogP contribution in [-0.4, -0.2) is 19.1 Å². The van der Waals surface area contributed by atoms with Crippen LogP contribution in [-0.2, 0) is 13.0 Å². The van der Waals surface area contributed by atoms with E-state index in [0.717, 1.165) is 72.6 Å². The Bertz CT molecular complexity index is 1130. The number of anilines is 2. The minimum Gasteiger partial charge on any atom is -0.333 e. The Morgan fingerprint density at radius 1 is 1.00 bits per heavy atom. The summed E-state index contributed by atoms with van der Waals surface area (Å²) in [6, 6.07) is 9.47. The number of rotatable bonds is 4. The summed E-state index contributed by atoms with van der Waals surface area (Å²) in [5.74, 6) is 0.610. The van der Waals surface area contributed by atoms with E-state index in [2.05, 4.69) is 34.9 Å². The number of urea groups is 1. The van der Waals surface area contributed by atoms with Gasteiger partial charge in [0.15, 0.2) is 0 Å². The molecule has 2 heterocycles. The summed E-state index contributed by atoms with van der Waals surface area (Å²) in [6.07, 6.45) is 9.43. The van der Waals surface area contributed by atoms with Crippen molar-refractivity contribution in [3.05, 3.63) is 74.3 Å². The van der Waals surface area contributed by atoms with Gasteiger partial charge in [0.05, 0.1) is 21.4 Å². The van der Waals surface area contributed by atoms with Crippen molar-refractivity contribution in [3.63, 3.8) is 0 Å². The fourth-order valence-corrected chi connectivity index (χ4v) is 5.89. The molecule has 0 unspecified atom stereocenters. The fourth-order valence-electron chi connectivity index (χ4n) is 5.04. The highest BCUT2D eigenvalue weighted by Crippen LogP contribution is 2.45. The lowest BCUT2D eigenvalue weighted by molar-refractivity contribution is 0.247. The van der Waals surface area contributed by atoms with Gasteiger partial charge in [-0.25, -0.2) is 4.79 Å². The van der Waals surface area contributed by atoms with Crippen molar-refractivity contribution in [2.24, 2.45) is 5.92 Å². The number of nitrogens with zero attached hydrogens (tertiary/aromatic N) is 1. The van der Waals surface area contributed by atoms with Crippen LogP contribution in [0.5, 0.6) is 0 Å². The zero-order valence-electron chi connectivity index (χ0n) is 18.3. The Morgan fingerprint density at radius 3 is 2.45 bits per heavy atom. The van der Waals surface area contributed by atoms with Crippen LogP contribution < -0.4 is 15.5 Å². The largest absolute Gasteiger partial charge is 0.333 e. The lowest BCUT2D eigenvalue weighted by atomic mass is 9.86. The Balaban J connectivity index is 1.68. The number of allylic oxidation sites excluding steroid dienone is 4. The summed E-state index contributed by atoms with van der Waals surface area (Å²) in [5, 5.41) is 8.09. The highest BCUT2D eigenvalue weighted by atomic mass is 35.5. The van der Waals surface area contributed by atoms with E-state index >= 15 is 0 Å².